The maximum absolute atomic E-state index is 12.4. The summed E-state index contributed by atoms with van der Waals surface area (Å²) in [5, 5.41) is 3.03. The van der Waals surface area contributed by atoms with Crippen LogP contribution in [0.5, 0.6) is 0 Å². The average Bonchev–Trinajstić information content (AvgIpc) is 2.46. The van der Waals surface area contributed by atoms with Crippen LogP contribution in [0, 0.1) is 5.92 Å². The summed E-state index contributed by atoms with van der Waals surface area (Å²) in [6, 6.07) is 0. The van der Waals surface area contributed by atoms with Gasteiger partial charge in [0.15, 0.2) is 0 Å². The molecule has 7 heteroatoms. The summed E-state index contributed by atoms with van der Waals surface area (Å²) in [5.74, 6) is 1.07. The lowest BCUT2D eigenvalue weighted by molar-refractivity contribution is 0.288. The van der Waals surface area contributed by atoms with E-state index in [1.54, 1.807) is 0 Å². The standard InChI is InChI=1S/C13H22N4O2S/c1-3-6-14-13-15-9-12(10-16-13)20(18,19)17-7-4-11(2)5-8-17/h9-11H,3-8H2,1-2H3,(H,14,15,16). The van der Waals surface area contributed by atoms with Crippen molar-refractivity contribution in [3.05, 3.63) is 12.4 Å². The summed E-state index contributed by atoms with van der Waals surface area (Å²) in [4.78, 5) is 8.30. The van der Waals surface area contributed by atoms with Crippen LogP contribution in [0.4, 0.5) is 5.95 Å². The van der Waals surface area contributed by atoms with Crippen LogP contribution in [0.2, 0.25) is 0 Å². The normalized spacial score (nSPS) is 18.1. The monoisotopic (exact) mass is 298 g/mol. The molecule has 1 N–H and O–H groups in total. The van der Waals surface area contributed by atoms with Crippen LogP contribution in [0.1, 0.15) is 33.1 Å². The van der Waals surface area contributed by atoms with E-state index in [9.17, 15) is 8.42 Å². The molecule has 1 saturated heterocycles. The van der Waals surface area contributed by atoms with Gasteiger partial charge in [-0.15, -0.1) is 0 Å². The molecule has 1 aliphatic heterocycles. The number of anilines is 1. The molecule has 0 bridgehead atoms. The van der Waals surface area contributed by atoms with Gasteiger partial charge in [0.05, 0.1) is 12.4 Å². The van der Waals surface area contributed by atoms with Crippen molar-refractivity contribution in [2.45, 2.75) is 38.0 Å². The summed E-state index contributed by atoms with van der Waals surface area (Å²) in [5.41, 5.74) is 0. The van der Waals surface area contributed by atoms with Crippen LogP contribution in [0.15, 0.2) is 17.3 Å². The number of hydrogen-bond acceptors (Lipinski definition) is 5. The second-order valence-electron chi connectivity index (χ2n) is 5.26. The van der Waals surface area contributed by atoms with Gasteiger partial charge in [0.2, 0.25) is 16.0 Å². The van der Waals surface area contributed by atoms with E-state index in [-0.39, 0.29) is 4.90 Å². The maximum Gasteiger partial charge on any atom is 0.246 e. The zero-order chi connectivity index (χ0) is 14.6. The van der Waals surface area contributed by atoms with Crippen molar-refractivity contribution in [3.8, 4) is 0 Å². The van der Waals surface area contributed by atoms with Crippen LogP contribution in [0.25, 0.3) is 0 Å². The lowest BCUT2D eigenvalue weighted by Gasteiger charge is -2.29. The van der Waals surface area contributed by atoms with E-state index in [2.05, 4.69) is 22.2 Å². The first-order valence-electron chi connectivity index (χ1n) is 7.10. The zero-order valence-corrected chi connectivity index (χ0v) is 12.9. The molecule has 1 aliphatic rings. The summed E-state index contributed by atoms with van der Waals surface area (Å²) >= 11 is 0. The molecule has 6 nitrogen and oxygen atoms in total. The molecule has 0 amide bonds. The molecule has 0 radical (unpaired) electrons. The highest BCUT2D eigenvalue weighted by Gasteiger charge is 2.28. The minimum Gasteiger partial charge on any atom is -0.354 e. The molecular formula is C13H22N4O2S. The predicted octanol–water partition coefficient (Wildman–Crippen LogP) is 1.72. The Morgan fingerprint density at radius 1 is 1.30 bits per heavy atom. The van der Waals surface area contributed by atoms with Gasteiger partial charge in [0.1, 0.15) is 4.90 Å². The van der Waals surface area contributed by atoms with Gasteiger partial charge < -0.3 is 5.32 Å². The smallest absolute Gasteiger partial charge is 0.246 e. The van der Waals surface area contributed by atoms with Crippen LogP contribution < -0.4 is 5.32 Å². The Labute approximate surface area is 120 Å². The Morgan fingerprint density at radius 2 is 1.90 bits per heavy atom. The first-order valence-corrected chi connectivity index (χ1v) is 8.54. The van der Waals surface area contributed by atoms with Crippen LogP contribution in [-0.4, -0.2) is 42.3 Å². The van der Waals surface area contributed by atoms with Gasteiger partial charge in [-0.2, -0.15) is 4.31 Å². The number of sulfonamides is 1. The van der Waals surface area contributed by atoms with E-state index in [1.807, 2.05) is 6.92 Å². The molecule has 0 spiro atoms. The summed E-state index contributed by atoms with van der Waals surface area (Å²) in [6.45, 7) is 6.14. The highest BCUT2D eigenvalue weighted by atomic mass is 32.2. The maximum atomic E-state index is 12.4. The van der Waals surface area contributed by atoms with Crippen molar-refractivity contribution in [3.63, 3.8) is 0 Å². The van der Waals surface area contributed by atoms with Gasteiger partial charge in [-0.25, -0.2) is 18.4 Å². The van der Waals surface area contributed by atoms with Gasteiger partial charge >= 0.3 is 0 Å². The third-order valence-electron chi connectivity index (χ3n) is 3.54. The molecule has 0 aromatic carbocycles. The lowest BCUT2D eigenvalue weighted by Crippen LogP contribution is -2.37. The molecule has 0 atom stereocenters. The fourth-order valence-corrected chi connectivity index (χ4v) is 3.51. The van der Waals surface area contributed by atoms with Gasteiger partial charge in [-0.3, -0.25) is 0 Å². The Morgan fingerprint density at radius 3 is 2.45 bits per heavy atom. The Kier molecular flexibility index (Phi) is 4.93. The highest BCUT2D eigenvalue weighted by molar-refractivity contribution is 7.89. The number of piperidine rings is 1. The molecule has 1 fully saturated rings. The molecule has 112 valence electrons. The van der Waals surface area contributed by atoms with Crippen molar-refractivity contribution in [2.75, 3.05) is 25.0 Å². The molecule has 1 aromatic rings. The largest absolute Gasteiger partial charge is 0.354 e. The SMILES string of the molecule is CCCNc1ncc(S(=O)(=O)N2CCC(C)CC2)cn1. The average molecular weight is 298 g/mol. The van der Waals surface area contributed by atoms with Gasteiger partial charge in [-0.1, -0.05) is 13.8 Å². The first kappa shape index (κ1) is 15.2. The topological polar surface area (TPSA) is 75.2 Å². The van der Waals surface area contributed by atoms with Gasteiger partial charge in [-0.05, 0) is 25.2 Å². The van der Waals surface area contributed by atoms with Crippen molar-refractivity contribution in [2.24, 2.45) is 5.92 Å². The molecule has 2 rings (SSSR count). The zero-order valence-electron chi connectivity index (χ0n) is 12.0. The molecule has 0 aliphatic carbocycles. The lowest BCUT2D eigenvalue weighted by atomic mass is 10.0. The number of nitrogens with zero attached hydrogens (tertiary/aromatic N) is 3. The van der Waals surface area contributed by atoms with Gasteiger partial charge in [0, 0.05) is 19.6 Å². The quantitative estimate of drug-likeness (QED) is 0.896. The second kappa shape index (κ2) is 6.49. The summed E-state index contributed by atoms with van der Waals surface area (Å²) in [7, 11) is -3.44. The summed E-state index contributed by atoms with van der Waals surface area (Å²) < 4.78 is 26.4. The number of aromatic nitrogens is 2. The Bertz CT molecular complexity index is 522. The molecule has 20 heavy (non-hydrogen) atoms. The van der Waals surface area contributed by atoms with E-state index in [4.69, 9.17) is 0 Å². The van der Waals surface area contributed by atoms with E-state index in [0.717, 1.165) is 25.8 Å². The van der Waals surface area contributed by atoms with Crippen molar-refractivity contribution >= 4 is 16.0 Å². The number of nitrogens with one attached hydrogen (secondary N) is 1. The van der Waals surface area contributed by atoms with E-state index in [0.29, 0.717) is 25.0 Å². The van der Waals surface area contributed by atoms with E-state index < -0.39 is 10.0 Å². The first-order chi connectivity index (χ1) is 9.54. The molecule has 0 saturated carbocycles. The second-order valence-corrected chi connectivity index (χ2v) is 7.19. The fraction of sp³-hybridized carbons (Fsp3) is 0.692. The molecule has 0 unspecified atom stereocenters. The fourth-order valence-electron chi connectivity index (χ4n) is 2.15. The minimum atomic E-state index is -3.44. The van der Waals surface area contributed by atoms with Crippen molar-refractivity contribution in [1.29, 1.82) is 0 Å². The summed E-state index contributed by atoms with van der Waals surface area (Å²) in [6.07, 6.45) is 5.57. The third-order valence-corrected chi connectivity index (χ3v) is 5.39. The van der Waals surface area contributed by atoms with E-state index >= 15 is 0 Å². The highest BCUT2D eigenvalue weighted by Crippen LogP contribution is 2.22. The molecule has 1 aromatic heterocycles. The van der Waals surface area contributed by atoms with Crippen LogP contribution in [0.3, 0.4) is 0 Å². The third kappa shape index (κ3) is 3.46. The Hall–Kier alpha value is -1.21. The van der Waals surface area contributed by atoms with Gasteiger partial charge in [0.25, 0.3) is 0 Å². The molecular weight excluding hydrogens is 276 g/mol. The molecule has 2 heterocycles. The number of hydrogen-bond donors (Lipinski definition) is 1. The van der Waals surface area contributed by atoms with Crippen molar-refractivity contribution in [1.82, 2.24) is 14.3 Å². The predicted molar refractivity (Wildman–Crippen MR) is 78.0 cm³/mol. The van der Waals surface area contributed by atoms with Crippen LogP contribution >= 0.6 is 0 Å². The number of rotatable bonds is 5. The Balaban J connectivity index is 2.09. The van der Waals surface area contributed by atoms with Crippen LogP contribution in [-0.2, 0) is 10.0 Å². The van der Waals surface area contributed by atoms with E-state index in [1.165, 1.54) is 16.7 Å². The minimum absolute atomic E-state index is 0.175. The van der Waals surface area contributed by atoms with Crippen molar-refractivity contribution < 1.29 is 8.42 Å².